The Morgan fingerprint density at radius 1 is 0.818 bits per heavy atom. The van der Waals surface area contributed by atoms with E-state index in [1.165, 1.54) is 4.90 Å². The lowest BCUT2D eigenvalue weighted by Gasteiger charge is -2.15. The van der Waals surface area contributed by atoms with E-state index in [9.17, 15) is 14.9 Å². The Bertz CT molecular complexity index is 1430. The molecule has 1 aliphatic rings. The normalized spacial score (nSPS) is 12.5. The van der Waals surface area contributed by atoms with Gasteiger partial charge in [0, 0.05) is 11.1 Å². The smallest absolute Gasteiger partial charge is 0.266 e. The molecule has 0 fully saturated rings. The van der Waals surface area contributed by atoms with Gasteiger partial charge in [-0.25, -0.2) is 9.88 Å². The molecule has 33 heavy (non-hydrogen) atoms. The fourth-order valence-corrected chi connectivity index (χ4v) is 4.00. The van der Waals surface area contributed by atoms with Gasteiger partial charge < -0.3 is 5.73 Å². The predicted octanol–water partition coefficient (Wildman–Crippen LogP) is 4.98. The van der Waals surface area contributed by atoms with Crippen LogP contribution in [0.4, 0.5) is 11.5 Å². The molecule has 6 heteroatoms. The Labute approximate surface area is 190 Å². The SMILES string of the molecule is Cc1ccc(-c2cc(-c3ccc(N4C(=O)c5ccccc5C4=O)cc3)nc(N)c2C#N)cc1. The molecule has 158 valence electrons. The molecule has 0 saturated carbocycles. The van der Waals surface area contributed by atoms with E-state index < -0.39 is 0 Å². The van der Waals surface area contributed by atoms with Crippen LogP contribution in [0.5, 0.6) is 0 Å². The number of nitrogens with zero attached hydrogens (tertiary/aromatic N) is 3. The second kappa shape index (κ2) is 7.74. The van der Waals surface area contributed by atoms with Gasteiger partial charge in [-0.05, 0) is 42.8 Å². The molecule has 1 aromatic heterocycles. The van der Waals surface area contributed by atoms with E-state index >= 15 is 0 Å². The molecule has 3 aromatic carbocycles. The lowest BCUT2D eigenvalue weighted by Crippen LogP contribution is -2.29. The van der Waals surface area contributed by atoms with E-state index in [-0.39, 0.29) is 17.6 Å². The first-order chi connectivity index (χ1) is 16.0. The summed E-state index contributed by atoms with van der Waals surface area (Å²) in [6, 6.07) is 25.6. The molecule has 4 aromatic rings. The number of imide groups is 1. The fraction of sp³-hybridized carbons (Fsp3) is 0.0370. The molecule has 6 nitrogen and oxygen atoms in total. The van der Waals surface area contributed by atoms with Gasteiger partial charge in [-0.2, -0.15) is 5.26 Å². The van der Waals surface area contributed by atoms with Crippen LogP contribution in [-0.2, 0) is 0 Å². The third-order valence-electron chi connectivity index (χ3n) is 5.74. The molecular formula is C27H18N4O2. The molecule has 2 amide bonds. The summed E-state index contributed by atoms with van der Waals surface area (Å²) in [4.78, 5) is 31.1. The molecule has 5 rings (SSSR count). The third-order valence-corrected chi connectivity index (χ3v) is 5.74. The predicted molar refractivity (Wildman–Crippen MR) is 127 cm³/mol. The van der Waals surface area contributed by atoms with Crippen molar-refractivity contribution in [1.82, 2.24) is 4.98 Å². The number of fused-ring (bicyclic) bond motifs is 1. The number of amides is 2. The lowest BCUT2D eigenvalue weighted by atomic mass is 9.97. The number of aryl methyl sites for hydroxylation is 1. The van der Waals surface area contributed by atoms with Crippen molar-refractivity contribution in [3.05, 3.63) is 101 Å². The minimum Gasteiger partial charge on any atom is -0.383 e. The molecule has 0 aliphatic carbocycles. The maximum Gasteiger partial charge on any atom is 0.266 e. The van der Waals surface area contributed by atoms with E-state index in [4.69, 9.17) is 5.73 Å². The summed E-state index contributed by atoms with van der Waals surface area (Å²) in [6.45, 7) is 2.00. The van der Waals surface area contributed by atoms with E-state index in [2.05, 4.69) is 11.1 Å². The number of anilines is 2. The molecule has 0 spiro atoms. The van der Waals surface area contributed by atoms with Gasteiger partial charge in [0.15, 0.2) is 0 Å². The van der Waals surface area contributed by atoms with E-state index in [1.807, 2.05) is 37.3 Å². The molecule has 0 saturated heterocycles. The van der Waals surface area contributed by atoms with Crippen LogP contribution in [0.1, 0.15) is 31.8 Å². The number of rotatable bonds is 3. The van der Waals surface area contributed by atoms with E-state index in [1.54, 1.807) is 48.5 Å². The van der Waals surface area contributed by atoms with Gasteiger partial charge in [0.25, 0.3) is 11.8 Å². The first kappa shape index (κ1) is 20.2. The second-order valence-corrected chi connectivity index (χ2v) is 7.83. The largest absolute Gasteiger partial charge is 0.383 e. The number of benzene rings is 3. The summed E-state index contributed by atoms with van der Waals surface area (Å²) < 4.78 is 0. The van der Waals surface area contributed by atoms with Gasteiger partial charge in [-0.15, -0.1) is 0 Å². The highest BCUT2D eigenvalue weighted by Gasteiger charge is 2.36. The van der Waals surface area contributed by atoms with Crippen molar-refractivity contribution in [1.29, 1.82) is 5.26 Å². The maximum absolute atomic E-state index is 12.7. The monoisotopic (exact) mass is 430 g/mol. The van der Waals surface area contributed by atoms with Crippen molar-refractivity contribution >= 4 is 23.3 Å². The first-order valence-corrected chi connectivity index (χ1v) is 10.3. The first-order valence-electron chi connectivity index (χ1n) is 10.3. The van der Waals surface area contributed by atoms with Crippen LogP contribution >= 0.6 is 0 Å². The van der Waals surface area contributed by atoms with Crippen LogP contribution in [-0.4, -0.2) is 16.8 Å². The minimum absolute atomic E-state index is 0.148. The summed E-state index contributed by atoms with van der Waals surface area (Å²) in [7, 11) is 0. The van der Waals surface area contributed by atoms with Crippen molar-refractivity contribution < 1.29 is 9.59 Å². The van der Waals surface area contributed by atoms with Crippen LogP contribution in [0.3, 0.4) is 0 Å². The van der Waals surface area contributed by atoms with Crippen molar-refractivity contribution in [3.8, 4) is 28.5 Å². The quantitative estimate of drug-likeness (QED) is 0.462. The fourth-order valence-electron chi connectivity index (χ4n) is 4.00. The molecule has 0 bridgehead atoms. The number of carbonyl (C=O) groups excluding carboxylic acids is 2. The average Bonchev–Trinajstić information content (AvgIpc) is 3.09. The molecule has 0 atom stereocenters. The van der Waals surface area contributed by atoms with Crippen molar-refractivity contribution in [2.24, 2.45) is 0 Å². The summed E-state index contributed by atoms with van der Waals surface area (Å²) in [5, 5.41) is 9.62. The zero-order valence-electron chi connectivity index (χ0n) is 17.7. The number of nitrogens with two attached hydrogens (primary N) is 1. The summed E-state index contributed by atoms with van der Waals surface area (Å²) in [6.07, 6.45) is 0. The number of hydrogen-bond donors (Lipinski definition) is 1. The topological polar surface area (TPSA) is 100 Å². The Morgan fingerprint density at radius 2 is 1.39 bits per heavy atom. The van der Waals surface area contributed by atoms with Crippen LogP contribution < -0.4 is 10.6 Å². The molecular weight excluding hydrogens is 412 g/mol. The van der Waals surface area contributed by atoms with Crippen LogP contribution in [0, 0.1) is 18.3 Å². The van der Waals surface area contributed by atoms with E-state index in [0.29, 0.717) is 33.6 Å². The summed E-state index contributed by atoms with van der Waals surface area (Å²) in [5.74, 6) is -0.536. The minimum atomic E-state index is -0.342. The zero-order chi connectivity index (χ0) is 23.1. The van der Waals surface area contributed by atoms with Gasteiger partial charge in [0.1, 0.15) is 17.5 Å². The van der Waals surface area contributed by atoms with Gasteiger partial charge in [0.2, 0.25) is 0 Å². The second-order valence-electron chi connectivity index (χ2n) is 7.83. The lowest BCUT2D eigenvalue weighted by molar-refractivity contribution is 0.0926. The summed E-state index contributed by atoms with van der Waals surface area (Å²) >= 11 is 0. The standard InChI is InChI=1S/C27H18N4O2/c1-16-6-8-17(9-7-16)22-14-24(30-25(29)23(22)15-28)18-10-12-19(13-11-18)31-26(32)20-4-2-3-5-21(20)27(31)33/h2-14H,1H3,(H2,29,30). The van der Waals surface area contributed by atoms with Gasteiger partial charge >= 0.3 is 0 Å². The molecule has 1 aliphatic heterocycles. The Hall–Kier alpha value is -4.76. The Morgan fingerprint density at radius 3 is 1.97 bits per heavy atom. The van der Waals surface area contributed by atoms with Crippen LogP contribution in [0.2, 0.25) is 0 Å². The molecule has 2 heterocycles. The number of hydrogen-bond acceptors (Lipinski definition) is 5. The van der Waals surface area contributed by atoms with Crippen molar-refractivity contribution in [2.45, 2.75) is 6.92 Å². The summed E-state index contributed by atoms with van der Waals surface area (Å²) in [5.41, 5.74) is 11.7. The number of carbonyl (C=O) groups is 2. The Kier molecular flexibility index (Phi) is 4.73. The third kappa shape index (κ3) is 3.33. The number of aromatic nitrogens is 1. The van der Waals surface area contributed by atoms with Gasteiger partial charge in [-0.1, -0.05) is 54.1 Å². The van der Waals surface area contributed by atoms with Crippen molar-refractivity contribution in [3.63, 3.8) is 0 Å². The highest BCUT2D eigenvalue weighted by Crippen LogP contribution is 2.33. The Balaban J connectivity index is 1.53. The highest BCUT2D eigenvalue weighted by molar-refractivity contribution is 6.34. The maximum atomic E-state index is 12.7. The van der Waals surface area contributed by atoms with Crippen LogP contribution in [0.15, 0.2) is 78.9 Å². The average molecular weight is 430 g/mol. The van der Waals surface area contributed by atoms with Gasteiger partial charge in [0.05, 0.1) is 22.5 Å². The van der Waals surface area contributed by atoms with Crippen molar-refractivity contribution in [2.75, 3.05) is 10.6 Å². The molecule has 0 radical (unpaired) electrons. The zero-order valence-corrected chi connectivity index (χ0v) is 17.7. The number of pyridine rings is 1. The molecule has 2 N–H and O–H groups in total. The highest BCUT2D eigenvalue weighted by atomic mass is 16.2. The van der Waals surface area contributed by atoms with E-state index in [0.717, 1.165) is 16.7 Å². The number of nitriles is 1. The molecule has 0 unspecified atom stereocenters. The van der Waals surface area contributed by atoms with Crippen LogP contribution in [0.25, 0.3) is 22.4 Å². The number of nitrogen functional groups attached to an aromatic ring is 1. The van der Waals surface area contributed by atoms with Gasteiger partial charge in [-0.3, -0.25) is 9.59 Å².